The molecule has 4 atom stereocenters. The highest BCUT2D eigenvalue weighted by atomic mass is 35.5. The van der Waals surface area contributed by atoms with Gasteiger partial charge in [0, 0.05) is 83.7 Å². The van der Waals surface area contributed by atoms with E-state index in [1.165, 1.54) is 65.4 Å². The van der Waals surface area contributed by atoms with Gasteiger partial charge in [-0.2, -0.15) is 0 Å². The maximum Gasteiger partial charge on any atom is 0.143 e. The molecule has 4 aliphatic carbocycles. The van der Waals surface area contributed by atoms with Gasteiger partial charge in [-0.25, -0.2) is 0 Å². The molecule has 0 saturated carbocycles. The zero-order valence-electron chi connectivity index (χ0n) is 38.4. The van der Waals surface area contributed by atoms with E-state index in [9.17, 15) is 0 Å². The molecule has 5 heteroatoms. The molecule has 7 aromatic carbocycles. The van der Waals surface area contributed by atoms with Crippen LogP contribution in [0.15, 0.2) is 196 Å². The first-order valence-corrected chi connectivity index (χ1v) is 25.2. The molecule has 0 fully saturated rings. The number of hydrogen-bond donors (Lipinski definition) is 0. The second-order valence-electron chi connectivity index (χ2n) is 19.9. The molecule has 69 heavy (non-hydrogen) atoms. The second kappa shape index (κ2) is 15.1. The van der Waals surface area contributed by atoms with Crippen LogP contribution in [0.3, 0.4) is 0 Å². The summed E-state index contributed by atoms with van der Waals surface area (Å²) in [4.78, 5) is 9.44. The van der Waals surface area contributed by atoms with Crippen molar-refractivity contribution in [2.24, 2.45) is 11.8 Å². The summed E-state index contributed by atoms with van der Waals surface area (Å²) in [5.74, 6) is 1.94. The number of benzene rings is 6. The van der Waals surface area contributed by atoms with Crippen molar-refractivity contribution in [2.45, 2.75) is 53.7 Å². The number of fused-ring (bicyclic) bond motifs is 15. The molecule has 14 rings (SSSR count). The van der Waals surface area contributed by atoms with Crippen molar-refractivity contribution in [3.8, 4) is 22.3 Å². The van der Waals surface area contributed by atoms with E-state index in [4.69, 9.17) is 16.0 Å². The van der Waals surface area contributed by atoms with Gasteiger partial charge >= 0.3 is 0 Å². The van der Waals surface area contributed by atoms with Crippen LogP contribution >= 0.6 is 23.4 Å². The molecule has 1 spiro atoms. The summed E-state index contributed by atoms with van der Waals surface area (Å²) < 4.78 is 6.82. The molecule has 0 saturated heterocycles. The van der Waals surface area contributed by atoms with E-state index in [0.29, 0.717) is 17.8 Å². The fourth-order valence-corrected chi connectivity index (χ4v) is 14.2. The highest BCUT2D eigenvalue weighted by molar-refractivity contribution is 7.99. The Balaban J connectivity index is 1.01. The van der Waals surface area contributed by atoms with Crippen LogP contribution in [0.25, 0.3) is 44.9 Å². The third kappa shape index (κ3) is 5.88. The first kappa shape index (κ1) is 40.7. The number of nitrogens with zero attached hydrogens (tertiary/aromatic N) is 2. The number of furan rings is 1. The van der Waals surface area contributed by atoms with Gasteiger partial charge in [-0.15, -0.1) is 0 Å². The molecule has 3 heterocycles. The summed E-state index contributed by atoms with van der Waals surface area (Å²) in [5.41, 5.74) is 19.3. The maximum absolute atomic E-state index is 6.95. The van der Waals surface area contributed by atoms with Gasteiger partial charge in [0.15, 0.2) is 0 Å². The number of pyridine rings is 1. The van der Waals surface area contributed by atoms with Gasteiger partial charge in [0.1, 0.15) is 11.3 Å². The normalized spacial score (nSPS) is 19.1. The van der Waals surface area contributed by atoms with Crippen LogP contribution in [0.1, 0.15) is 77.0 Å². The first-order chi connectivity index (χ1) is 33.8. The van der Waals surface area contributed by atoms with Crippen molar-refractivity contribution in [2.75, 3.05) is 4.90 Å². The molecule has 2 aromatic heterocycles. The lowest BCUT2D eigenvalue weighted by atomic mass is 9.67. The van der Waals surface area contributed by atoms with E-state index in [2.05, 4.69) is 201 Å². The topological polar surface area (TPSA) is 29.3 Å². The van der Waals surface area contributed by atoms with Gasteiger partial charge in [-0.3, -0.25) is 4.98 Å². The predicted molar refractivity (Wildman–Crippen MR) is 283 cm³/mol. The molecule has 1 aliphatic heterocycles. The van der Waals surface area contributed by atoms with Crippen LogP contribution < -0.4 is 4.90 Å². The summed E-state index contributed by atoms with van der Waals surface area (Å²) in [5, 5.41) is 1.85. The Kier molecular flexibility index (Phi) is 8.92. The minimum atomic E-state index is -0.636. The molecule has 4 unspecified atom stereocenters. The number of aromatic nitrogens is 1. The highest BCUT2D eigenvalue weighted by Gasteiger charge is 2.51. The largest absolute Gasteiger partial charge is 0.456 e. The molecule has 0 N–H and O–H groups in total. The van der Waals surface area contributed by atoms with Crippen LogP contribution in [-0.4, -0.2) is 4.98 Å². The molecule has 3 nitrogen and oxygen atoms in total. The Morgan fingerprint density at radius 3 is 2.48 bits per heavy atom. The summed E-state index contributed by atoms with van der Waals surface area (Å²) in [6.07, 6.45) is 16.2. The predicted octanol–water partition coefficient (Wildman–Crippen LogP) is 16.9. The molecule has 5 aliphatic rings. The molecule has 9 aromatic rings. The highest BCUT2D eigenvalue weighted by Crippen LogP contribution is 2.63. The van der Waals surface area contributed by atoms with Crippen LogP contribution in [0.4, 0.5) is 17.1 Å². The average Bonchev–Trinajstić information content (AvgIpc) is 3.98. The first-order valence-electron chi connectivity index (χ1n) is 24.0. The van der Waals surface area contributed by atoms with Gasteiger partial charge < -0.3 is 9.32 Å². The van der Waals surface area contributed by atoms with E-state index in [1.807, 2.05) is 42.4 Å². The lowest BCUT2D eigenvalue weighted by molar-refractivity contribution is 0.407. The number of anilines is 3. The molecule has 0 radical (unpaired) electrons. The van der Waals surface area contributed by atoms with Gasteiger partial charge in [-0.1, -0.05) is 153 Å². The second-order valence-corrected chi connectivity index (χ2v) is 21.4. The van der Waals surface area contributed by atoms with Crippen LogP contribution in [0, 0.1) is 24.0 Å². The molecular weight excluding hydrogens is 880 g/mol. The van der Waals surface area contributed by atoms with E-state index in [0.717, 1.165) is 61.9 Å². The fourth-order valence-electron chi connectivity index (χ4n) is 12.8. The van der Waals surface area contributed by atoms with Crippen molar-refractivity contribution in [1.82, 2.24) is 4.98 Å². The Bertz CT molecular complexity index is 3680. The number of halogens is 1. The van der Waals surface area contributed by atoms with Crippen LogP contribution in [0.5, 0.6) is 0 Å². The Labute approximate surface area is 412 Å². The summed E-state index contributed by atoms with van der Waals surface area (Å²) >= 11 is 8.77. The molecular formula is C64H45ClN2OS. The molecule has 330 valence electrons. The number of allylic oxidation sites excluding steroid dienone is 5. The quantitative estimate of drug-likeness (QED) is 0.172. The Morgan fingerprint density at radius 1 is 0.725 bits per heavy atom. The zero-order valence-corrected chi connectivity index (χ0v) is 40.0. The van der Waals surface area contributed by atoms with Crippen molar-refractivity contribution in [3.63, 3.8) is 0 Å². The number of rotatable bonds is 5. The van der Waals surface area contributed by atoms with Crippen molar-refractivity contribution < 1.29 is 4.42 Å². The van der Waals surface area contributed by atoms with Crippen molar-refractivity contribution in [3.05, 3.63) is 250 Å². The van der Waals surface area contributed by atoms with Crippen LogP contribution in [0.2, 0.25) is 5.02 Å². The lowest BCUT2D eigenvalue weighted by Gasteiger charge is -2.39. The third-order valence-corrected chi connectivity index (χ3v) is 17.1. The standard InChI is InChI=1S/C64H45ClN2OS/c1-38-24-28-58-51(31-38)52-35-44(34-50(62(52)68-58)40-14-12-30-66-37-40)67(42-15-10-13-39(32-42)45-19-11-20-49-48-18-4-7-21-53(48)63(2,3)61(45)49)43-26-27-56-60(36-43)69-59-29-25-41(65)33-57(59)64(56)54-22-8-5-16-46(54)47-17-6-9-23-55(47)64/h4-8,10-22,24-30,32-38,49,61H,31H2,1-3H3. The van der Waals surface area contributed by atoms with Crippen molar-refractivity contribution >= 4 is 63.0 Å². The third-order valence-electron chi connectivity index (χ3n) is 15.7. The Hall–Kier alpha value is -7.29. The average molecular weight is 926 g/mol. The Morgan fingerprint density at radius 2 is 1.58 bits per heavy atom. The monoisotopic (exact) mass is 924 g/mol. The number of hydrogen-bond acceptors (Lipinski definition) is 4. The summed E-state index contributed by atoms with van der Waals surface area (Å²) in [6, 6.07) is 60.7. The van der Waals surface area contributed by atoms with E-state index < -0.39 is 5.41 Å². The van der Waals surface area contributed by atoms with Crippen LogP contribution in [-0.2, 0) is 17.3 Å². The van der Waals surface area contributed by atoms with Crippen molar-refractivity contribution in [1.29, 1.82) is 0 Å². The van der Waals surface area contributed by atoms with Gasteiger partial charge in [-0.05, 0) is 147 Å². The lowest BCUT2D eigenvalue weighted by Crippen LogP contribution is -2.32. The maximum atomic E-state index is 6.95. The van der Waals surface area contributed by atoms with E-state index >= 15 is 0 Å². The SMILES string of the molecule is CC1C=Cc2oc3c(-c4cccnc4)cc(N(c4cccc(C5=CC=CC6c7ccccc7C(C)(C)C56)c4)c4ccc5c(c4)Sc4ccc(Cl)cc4C54c5c#cccc5-c5ccccc54)cc3c2C1. The van der Waals surface area contributed by atoms with Gasteiger partial charge in [0.2, 0.25) is 0 Å². The van der Waals surface area contributed by atoms with Gasteiger partial charge in [0.25, 0.3) is 0 Å². The summed E-state index contributed by atoms with van der Waals surface area (Å²) in [6.45, 7) is 7.14. The van der Waals surface area contributed by atoms with E-state index in [1.54, 1.807) is 0 Å². The minimum absolute atomic E-state index is 0.0536. The molecule has 0 bridgehead atoms. The molecule has 0 amide bonds. The van der Waals surface area contributed by atoms with Gasteiger partial charge in [0.05, 0.1) is 5.41 Å². The fraction of sp³-hybridized carbons (Fsp3) is 0.141. The van der Waals surface area contributed by atoms with E-state index in [-0.39, 0.29) is 5.41 Å². The minimum Gasteiger partial charge on any atom is -0.456 e. The summed E-state index contributed by atoms with van der Waals surface area (Å²) in [7, 11) is 0. The zero-order chi connectivity index (χ0) is 46.2. The smallest absolute Gasteiger partial charge is 0.143 e.